The van der Waals surface area contributed by atoms with Crippen LogP contribution in [0.5, 0.6) is 0 Å². The van der Waals surface area contributed by atoms with Gasteiger partial charge in [0.25, 0.3) is 0 Å². The summed E-state index contributed by atoms with van der Waals surface area (Å²) in [5.74, 6) is -0.265. The number of anilines is 1. The summed E-state index contributed by atoms with van der Waals surface area (Å²) in [7, 11) is 0. The molecule has 6 nitrogen and oxygen atoms in total. The minimum Gasteiger partial charge on any atom is -0.326 e. The second-order valence-corrected chi connectivity index (χ2v) is 9.28. The molecule has 1 N–H and O–H groups in total. The van der Waals surface area contributed by atoms with Gasteiger partial charge in [-0.15, -0.1) is 0 Å². The molecule has 2 heterocycles. The fourth-order valence-corrected chi connectivity index (χ4v) is 5.30. The lowest BCUT2D eigenvalue weighted by molar-refractivity contribution is -0.128. The van der Waals surface area contributed by atoms with Gasteiger partial charge in [0, 0.05) is 18.7 Å². The van der Waals surface area contributed by atoms with Gasteiger partial charge in [-0.1, -0.05) is 41.3 Å². The van der Waals surface area contributed by atoms with Crippen LogP contribution in [-0.4, -0.2) is 38.7 Å². The number of carbonyl (C=O) groups excluding carboxylic acids is 2. The Labute approximate surface area is 183 Å². The van der Waals surface area contributed by atoms with Gasteiger partial charge in [0.1, 0.15) is 5.25 Å². The minimum atomic E-state index is -0.482. The Morgan fingerprint density at radius 2 is 2.00 bits per heavy atom. The van der Waals surface area contributed by atoms with Crippen molar-refractivity contribution in [1.82, 2.24) is 9.88 Å². The van der Waals surface area contributed by atoms with E-state index in [1.807, 2.05) is 63.2 Å². The third kappa shape index (κ3) is 4.24. The second kappa shape index (κ2) is 8.57. The zero-order chi connectivity index (χ0) is 21.3. The maximum Gasteiger partial charge on any atom is 0.242 e. The van der Waals surface area contributed by atoms with Crippen LogP contribution in [0, 0.1) is 13.8 Å². The lowest BCUT2D eigenvalue weighted by Gasteiger charge is -2.13. The number of amidine groups is 1. The van der Waals surface area contributed by atoms with Crippen LogP contribution in [0.2, 0.25) is 0 Å². The van der Waals surface area contributed by atoms with Gasteiger partial charge in [-0.05, 0) is 56.2 Å². The number of aryl methyl sites for hydroxylation is 2. The molecule has 1 saturated heterocycles. The van der Waals surface area contributed by atoms with Crippen LogP contribution in [0.4, 0.5) is 10.8 Å². The van der Waals surface area contributed by atoms with Gasteiger partial charge in [-0.3, -0.25) is 14.5 Å². The highest BCUT2D eigenvalue weighted by molar-refractivity contribution is 8.15. The first-order valence-corrected chi connectivity index (χ1v) is 11.4. The van der Waals surface area contributed by atoms with Crippen molar-refractivity contribution in [3.8, 4) is 0 Å². The Balaban J connectivity index is 1.48. The maximum absolute atomic E-state index is 12.8. The average molecular weight is 439 g/mol. The zero-order valence-corrected chi connectivity index (χ0v) is 18.6. The number of nitrogens with one attached hydrogen (secondary N) is 1. The van der Waals surface area contributed by atoms with E-state index in [4.69, 9.17) is 0 Å². The molecular weight excluding hydrogens is 416 g/mol. The molecule has 4 rings (SSSR count). The topological polar surface area (TPSA) is 74.7 Å². The Hall–Kier alpha value is -2.71. The quantitative estimate of drug-likeness (QED) is 0.615. The van der Waals surface area contributed by atoms with Crippen LogP contribution in [0.3, 0.4) is 0 Å². The lowest BCUT2D eigenvalue weighted by atomic mass is 10.1. The van der Waals surface area contributed by atoms with Crippen LogP contribution >= 0.6 is 23.1 Å². The molecule has 1 unspecified atom stereocenters. The van der Waals surface area contributed by atoms with Crippen LogP contribution in [-0.2, 0) is 9.59 Å². The number of amides is 2. The molecule has 0 bridgehead atoms. The number of thiazole rings is 1. The molecule has 0 spiro atoms. The van der Waals surface area contributed by atoms with Crippen molar-refractivity contribution in [3.05, 3.63) is 53.6 Å². The summed E-state index contributed by atoms with van der Waals surface area (Å²) in [5.41, 5.74) is 3.92. The molecule has 1 aliphatic heterocycles. The first-order chi connectivity index (χ1) is 14.4. The van der Waals surface area contributed by atoms with Crippen LogP contribution in [0.15, 0.2) is 47.5 Å². The summed E-state index contributed by atoms with van der Waals surface area (Å²) < 4.78 is 1.05. The van der Waals surface area contributed by atoms with Crippen molar-refractivity contribution >= 4 is 61.1 Å². The van der Waals surface area contributed by atoms with Gasteiger partial charge in [0.05, 0.1) is 10.2 Å². The highest BCUT2D eigenvalue weighted by atomic mass is 32.2. The van der Waals surface area contributed by atoms with Crippen molar-refractivity contribution in [2.75, 3.05) is 11.9 Å². The first kappa shape index (κ1) is 20.6. The Kier molecular flexibility index (Phi) is 5.87. The van der Waals surface area contributed by atoms with Crippen molar-refractivity contribution in [1.29, 1.82) is 0 Å². The van der Waals surface area contributed by atoms with Gasteiger partial charge < -0.3 is 5.32 Å². The monoisotopic (exact) mass is 438 g/mol. The number of rotatable bonds is 5. The van der Waals surface area contributed by atoms with E-state index in [-0.39, 0.29) is 18.2 Å². The molecule has 2 amide bonds. The lowest BCUT2D eigenvalue weighted by Crippen LogP contribution is -2.33. The first-order valence-electron chi connectivity index (χ1n) is 9.74. The number of benzene rings is 2. The molecule has 1 atom stereocenters. The highest BCUT2D eigenvalue weighted by Crippen LogP contribution is 2.34. The molecule has 0 saturated carbocycles. The molecule has 3 aromatic rings. The standard InChI is InChI=1S/C22H22N4O2S2/c1-4-26-20(28)18(12-19(27)23-15-10-9-13(2)14(3)11-15)30-22(26)25-21-24-16-7-5-6-8-17(16)29-21/h5-11,18H,4,12H2,1-3H3,(H,23,27). The largest absolute Gasteiger partial charge is 0.326 e. The van der Waals surface area contributed by atoms with E-state index in [1.54, 1.807) is 4.90 Å². The van der Waals surface area contributed by atoms with Crippen LogP contribution in [0.1, 0.15) is 24.5 Å². The van der Waals surface area contributed by atoms with E-state index in [0.29, 0.717) is 16.8 Å². The molecule has 1 fully saturated rings. The number of hydrogen-bond acceptors (Lipinski definition) is 6. The number of para-hydroxylation sites is 1. The third-order valence-corrected chi connectivity index (χ3v) is 7.08. The summed E-state index contributed by atoms with van der Waals surface area (Å²) in [6, 6.07) is 13.6. The maximum atomic E-state index is 12.8. The van der Waals surface area contributed by atoms with Crippen LogP contribution in [0.25, 0.3) is 10.2 Å². The molecule has 30 heavy (non-hydrogen) atoms. The molecule has 1 aromatic heterocycles. The minimum absolute atomic E-state index is 0.0856. The van der Waals surface area contributed by atoms with Gasteiger partial charge in [-0.2, -0.15) is 4.99 Å². The summed E-state index contributed by atoms with van der Waals surface area (Å²) in [5, 5.41) is 3.64. The average Bonchev–Trinajstić information content (AvgIpc) is 3.25. The molecular formula is C22H22N4O2S2. The molecule has 154 valence electrons. The number of aromatic nitrogens is 1. The van der Waals surface area contributed by atoms with E-state index < -0.39 is 5.25 Å². The molecule has 0 radical (unpaired) electrons. The molecule has 2 aromatic carbocycles. The number of nitrogens with zero attached hydrogens (tertiary/aromatic N) is 3. The molecule has 8 heteroatoms. The number of thioether (sulfide) groups is 1. The fraction of sp³-hybridized carbons (Fsp3) is 0.273. The highest BCUT2D eigenvalue weighted by Gasteiger charge is 2.38. The van der Waals surface area contributed by atoms with Gasteiger partial charge in [0.15, 0.2) is 5.17 Å². The number of aliphatic imine (C=N–C) groups is 1. The van der Waals surface area contributed by atoms with Crippen molar-refractivity contribution < 1.29 is 9.59 Å². The van der Waals surface area contributed by atoms with Crippen molar-refractivity contribution in [2.45, 2.75) is 32.4 Å². The number of carbonyl (C=O) groups is 2. The third-order valence-electron chi connectivity index (χ3n) is 4.97. The van der Waals surface area contributed by atoms with Crippen LogP contribution < -0.4 is 5.32 Å². The molecule has 1 aliphatic rings. The van der Waals surface area contributed by atoms with Gasteiger partial charge in [-0.25, -0.2) is 4.98 Å². The predicted molar refractivity (Wildman–Crippen MR) is 125 cm³/mol. The van der Waals surface area contributed by atoms with E-state index >= 15 is 0 Å². The summed E-state index contributed by atoms with van der Waals surface area (Å²) in [4.78, 5) is 36.1. The van der Waals surface area contributed by atoms with Crippen molar-refractivity contribution in [2.24, 2.45) is 4.99 Å². The summed E-state index contributed by atoms with van der Waals surface area (Å²) in [6.07, 6.45) is 0.103. The van der Waals surface area contributed by atoms with Crippen molar-refractivity contribution in [3.63, 3.8) is 0 Å². The normalized spacial score (nSPS) is 17.8. The Morgan fingerprint density at radius 1 is 1.20 bits per heavy atom. The summed E-state index contributed by atoms with van der Waals surface area (Å²) in [6.45, 7) is 6.44. The van der Waals surface area contributed by atoms with E-state index in [1.165, 1.54) is 28.7 Å². The summed E-state index contributed by atoms with van der Waals surface area (Å²) >= 11 is 2.82. The van der Waals surface area contributed by atoms with E-state index in [9.17, 15) is 9.59 Å². The molecule has 0 aliphatic carbocycles. The smallest absolute Gasteiger partial charge is 0.242 e. The Morgan fingerprint density at radius 3 is 2.73 bits per heavy atom. The zero-order valence-electron chi connectivity index (χ0n) is 17.0. The van der Waals surface area contributed by atoms with E-state index in [0.717, 1.165) is 21.5 Å². The number of hydrogen-bond donors (Lipinski definition) is 1. The van der Waals surface area contributed by atoms with Gasteiger partial charge >= 0.3 is 0 Å². The second-order valence-electron chi connectivity index (χ2n) is 7.10. The Bertz CT molecular complexity index is 1120. The number of fused-ring (bicyclic) bond motifs is 1. The predicted octanol–water partition coefficient (Wildman–Crippen LogP) is 4.89. The fourth-order valence-electron chi connectivity index (χ4n) is 3.21. The van der Waals surface area contributed by atoms with Gasteiger partial charge in [0.2, 0.25) is 16.9 Å². The van der Waals surface area contributed by atoms with E-state index in [2.05, 4.69) is 15.3 Å². The SMILES string of the molecule is CCN1C(=O)C(CC(=O)Nc2ccc(C)c(C)c2)SC1=Nc1nc2ccccc2s1.